The summed E-state index contributed by atoms with van der Waals surface area (Å²) in [6.07, 6.45) is 2.92. The average molecular weight is 258 g/mol. The van der Waals surface area contributed by atoms with Crippen LogP contribution in [0.2, 0.25) is 0 Å². The quantitative estimate of drug-likeness (QED) is 0.827. The van der Waals surface area contributed by atoms with Gasteiger partial charge in [-0.15, -0.1) is 0 Å². The second-order valence-electron chi connectivity index (χ2n) is 4.34. The SMILES string of the molecule is CCC(C(=O)NCCc1ncn[nH]1)c1ccccc1. The number of amides is 1. The fourth-order valence-electron chi connectivity index (χ4n) is 2.04. The normalized spacial score (nSPS) is 12.1. The lowest BCUT2D eigenvalue weighted by Crippen LogP contribution is -2.31. The summed E-state index contributed by atoms with van der Waals surface area (Å²) in [4.78, 5) is 16.2. The van der Waals surface area contributed by atoms with Gasteiger partial charge >= 0.3 is 0 Å². The zero-order valence-corrected chi connectivity index (χ0v) is 11.0. The molecule has 0 bridgehead atoms. The van der Waals surface area contributed by atoms with E-state index < -0.39 is 0 Å². The molecule has 1 amide bonds. The first-order valence-corrected chi connectivity index (χ1v) is 6.48. The van der Waals surface area contributed by atoms with Gasteiger partial charge in [0, 0.05) is 13.0 Å². The van der Waals surface area contributed by atoms with Crippen molar-refractivity contribution in [1.82, 2.24) is 20.5 Å². The molecule has 100 valence electrons. The Bertz CT molecular complexity index is 495. The second-order valence-corrected chi connectivity index (χ2v) is 4.34. The van der Waals surface area contributed by atoms with E-state index in [-0.39, 0.29) is 11.8 Å². The second kappa shape index (κ2) is 6.68. The zero-order valence-electron chi connectivity index (χ0n) is 11.0. The van der Waals surface area contributed by atoms with Crippen LogP contribution in [0.3, 0.4) is 0 Å². The van der Waals surface area contributed by atoms with Crippen molar-refractivity contribution in [3.63, 3.8) is 0 Å². The van der Waals surface area contributed by atoms with Crippen LogP contribution in [0.25, 0.3) is 0 Å². The molecular formula is C14H18N4O. The first kappa shape index (κ1) is 13.3. The number of aromatic amines is 1. The number of rotatable bonds is 6. The summed E-state index contributed by atoms with van der Waals surface area (Å²) in [6.45, 7) is 2.59. The van der Waals surface area contributed by atoms with Gasteiger partial charge in [0.1, 0.15) is 12.2 Å². The molecule has 0 saturated heterocycles. The number of nitrogens with one attached hydrogen (secondary N) is 2. The van der Waals surface area contributed by atoms with Gasteiger partial charge in [-0.3, -0.25) is 9.89 Å². The molecule has 2 N–H and O–H groups in total. The summed E-state index contributed by atoms with van der Waals surface area (Å²) in [5, 5.41) is 9.49. The maximum Gasteiger partial charge on any atom is 0.227 e. The predicted molar refractivity (Wildman–Crippen MR) is 72.6 cm³/mol. The molecule has 5 nitrogen and oxygen atoms in total. The molecule has 0 aliphatic heterocycles. The van der Waals surface area contributed by atoms with Crippen LogP contribution < -0.4 is 5.32 Å². The topological polar surface area (TPSA) is 70.7 Å². The number of carbonyl (C=O) groups is 1. The van der Waals surface area contributed by atoms with E-state index in [4.69, 9.17) is 0 Å². The number of H-pyrrole nitrogens is 1. The highest BCUT2D eigenvalue weighted by atomic mass is 16.1. The number of benzene rings is 1. The Labute approximate surface area is 112 Å². The largest absolute Gasteiger partial charge is 0.355 e. The summed E-state index contributed by atoms with van der Waals surface area (Å²) < 4.78 is 0. The Balaban J connectivity index is 1.87. The molecule has 2 rings (SSSR count). The van der Waals surface area contributed by atoms with Crippen LogP contribution in [-0.4, -0.2) is 27.6 Å². The van der Waals surface area contributed by atoms with E-state index in [1.165, 1.54) is 6.33 Å². The van der Waals surface area contributed by atoms with Gasteiger partial charge in [-0.2, -0.15) is 5.10 Å². The van der Waals surface area contributed by atoms with Crippen molar-refractivity contribution in [1.29, 1.82) is 0 Å². The van der Waals surface area contributed by atoms with E-state index in [1.54, 1.807) is 0 Å². The van der Waals surface area contributed by atoms with Crippen molar-refractivity contribution in [3.8, 4) is 0 Å². The number of aromatic nitrogens is 3. The summed E-state index contributed by atoms with van der Waals surface area (Å²) in [6, 6.07) is 9.85. The molecule has 0 aliphatic carbocycles. The molecule has 0 fully saturated rings. The average Bonchev–Trinajstić information content (AvgIpc) is 2.94. The predicted octanol–water partition coefficient (Wildman–Crippen LogP) is 1.66. The van der Waals surface area contributed by atoms with Crippen LogP contribution in [-0.2, 0) is 11.2 Å². The van der Waals surface area contributed by atoms with Crippen molar-refractivity contribution >= 4 is 5.91 Å². The molecule has 2 aromatic rings. The van der Waals surface area contributed by atoms with Gasteiger partial charge in [-0.05, 0) is 12.0 Å². The van der Waals surface area contributed by atoms with Crippen LogP contribution >= 0.6 is 0 Å². The van der Waals surface area contributed by atoms with Gasteiger partial charge in [0.2, 0.25) is 5.91 Å². The third-order valence-electron chi connectivity index (χ3n) is 3.05. The van der Waals surface area contributed by atoms with E-state index >= 15 is 0 Å². The third-order valence-corrected chi connectivity index (χ3v) is 3.05. The monoisotopic (exact) mass is 258 g/mol. The van der Waals surface area contributed by atoms with Crippen LogP contribution in [0.4, 0.5) is 0 Å². The zero-order chi connectivity index (χ0) is 13.5. The fourth-order valence-corrected chi connectivity index (χ4v) is 2.04. The minimum atomic E-state index is -0.0871. The Morgan fingerprint density at radius 1 is 1.37 bits per heavy atom. The molecule has 0 saturated carbocycles. The molecule has 1 heterocycles. The highest BCUT2D eigenvalue weighted by Gasteiger charge is 2.17. The minimum Gasteiger partial charge on any atom is -0.355 e. The molecule has 1 unspecified atom stereocenters. The molecule has 0 aliphatic rings. The molecule has 0 spiro atoms. The van der Waals surface area contributed by atoms with Gasteiger partial charge in [0.05, 0.1) is 5.92 Å². The highest BCUT2D eigenvalue weighted by molar-refractivity contribution is 5.83. The Hall–Kier alpha value is -2.17. The van der Waals surface area contributed by atoms with Crippen LogP contribution in [0, 0.1) is 0 Å². The summed E-state index contributed by atoms with van der Waals surface area (Å²) in [5.41, 5.74) is 1.06. The molecule has 5 heteroatoms. The van der Waals surface area contributed by atoms with E-state index in [2.05, 4.69) is 20.5 Å². The van der Waals surface area contributed by atoms with Crippen LogP contribution in [0.15, 0.2) is 36.7 Å². The van der Waals surface area contributed by atoms with Crippen molar-refractivity contribution in [3.05, 3.63) is 48.0 Å². The highest BCUT2D eigenvalue weighted by Crippen LogP contribution is 2.18. The molecule has 1 atom stereocenters. The number of hydrogen-bond donors (Lipinski definition) is 2. The minimum absolute atomic E-state index is 0.0632. The van der Waals surface area contributed by atoms with E-state index in [0.717, 1.165) is 17.8 Å². The lowest BCUT2D eigenvalue weighted by molar-refractivity contribution is -0.122. The first-order chi connectivity index (χ1) is 9.31. The van der Waals surface area contributed by atoms with Crippen molar-refractivity contribution in [2.24, 2.45) is 0 Å². The molecule has 1 aromatic heterocycles. The van der Waals surface area contributed by atoms with Gasteiger partial charge in [0.15, 0.2) is 0 Å². The molecule has 19 heavy (non-hydrogen) atoms. The van der Waals surface area contributed by atoms with Gasteiger partial charge in [-0.1, -0.05) is 37.3 Å². The summed E-state index contributed by atoms with van der Waals surface area (Å²) >= 11 is 0. The molecular weight excluding hydrogens is 240 g/mol. The standard InChI is InChI=1S/C14H18N4O/c1-2-12(11-6-4-3-5-7-11)14(19)15-9-8-13-16-10-17-18-13/h3-7,10,12H,2,8-9H2,1H3,(H,15,19)(H,16,17,18). The lowest BCUT2D eigenvalue weighted by Gasteiger charge is -2.15. The van der Waals surface area contributed by atoms with Crippen LogP contribution in [0.5, 0.6) is 0 Å². The van der Waals surface area contributed by atoms with Gasteiger partial charge in [0.25, 0.3) is 0 Å². The Morgan fingerprint density at radius 3 is 2.79 bits per heavy atom. The Morgan fingerprint density at radius 2 is 2.16 bits per heavy atom. The molecule has 1 aromatic carbocycles. The third kappa shape index (κ3) is 3.64. The van der Waals surface area contributed by atoms with E-state index in [1.807, 2.05) is 37.3 Å². The molecule has 0 radical (unpaired) electrons. The lowest BCUT2D eigenvalue weighted by atomic mass is 9.96. The smallest absolute Gasteiger partial charge is 0.227 e. The summed E-state index contributed by atoms with van der Waals surface area (Å²) in [7, 11) is 0. The Kier molecular flexibility index (Phi) is 4.66. The van der Waals surface area contributed by atoms with E-state index in [9.17, 15) is 4.79 Å². The maximum atomic E-state index is 12.1. The van der Waals surface area contributed by atoms with Crippen molar-refractivity contribution < 1.29 is 4.79 Å². The van der Waals surface area contributed by atoms with Gasteiger partial charge in [-0.25, -0.2) is 4.98 Å². The van der Waals surface area contributed by atoms with Gasteiger partial charge < -0.3 is 5.32 Å². The number of carbonyl (C=O) groups excluding carboxylic acids is 1. The fraction of sp³-hybridized carbons (Fsp3) is 0.357. The first-order valence-electron chi connectivity index (χ1n) is 6.48. The number of nitrogens with zero attached hydrogens (tertiary/aromatic N) is 2. The maximum absolute atomic E-state index is 12.1. The van der Waals surface area contributed by atoms with E-state index in [0.29, 0.717) is 13.0 Å². The van der Waals surface area contributed by atoms with Crippen LogP contribution in [0.1, 0.15) is 30.7 Å². The summed E-state index contributed by atoms with van der Waals surface area (Å²) in [5.74, 6) is 0.761. The van der Waals surface area contributed by atoms with Crippen molar-refractivity contribution in [2.45, 2.75) is 25.7 Å². The number of hydrogen-bond acceptors (Lipinski definition) is 3. The van der Waals surface area contributed by atoms with Crippen molar-refractivity contribution in [2.75, 3.05) is 6.54 Å².